The van der Waals surface area contributed by atoms with Gasteiger partial charge in [0, 0.05) is 44.5 Å². The third-order valence-electron chi connectivity index (χ3n) is 7.12. The van der Waals surface area contributed by atoms with Crippen molar-refractivity contribution >= 4 is 27.3 Å². The first kappa shape index (κ1) is 22.9. The normalized spacial score (nSPS) is 22.1. The third kappa shape index (κ3) is 3.78. The lowest BCUT2D eigenvalue weighted by Gasteiger charge is -2.52. The van der Waals surface area contributed by atoms with E-state index in [-0.39, 0.29) is 17.0 Å². The van der Waals surface area contributed by atoms with E-state index < -0.39 is 0 Å². The zero-order valence-corrected chi connectivity index (χ0v) is 21.9. The summed E-state index contributed by atoms with van der Waals surface area (Å²) in [5.74, 6) is 2.47. The molecule has 0 bridgehead atoms. The van der Waals surface area contributed by atoms with E-state index in [1.807, 2.05) is 12.1 Å². The Morgan fingerprint density at radius 3 is 2.26 bits per heavy atom. The highest BCUT2D eigenvalue weighted by Crippen LogP contribution is 2.59. The van der Waals surface area contributed by atoms with Crippen molar-refractivity contribution in [1.29, 1.82) is 0 Å². The van der Waals surface area contributed by atoms with Crippen molar-refractivity contribution in [2.75, 3.05) is 32.0 Å². The molecule has 0 unspecified atom stereocenters. The largest absolute Gasteiger partial charge is 0.497 e. The van der Waals surface area contributed by atoms with Crippen LogP contribution in [-0.4, -0.2) is 26.9 Å². The topological polar surface area (TPSA) is 51.8 Å². The predicted molar refractivity (Wildman–Crippen MR) is 141 cm³/mol. The molecule has 0 radical (unpaired) electrons. The zero-order chi connectivity index (χ0) is 24.1. The standard InChI is InChI=1S/C28H31BrN2O3/c1-27(2)16-28(26-23(31-27)13-20(33-4)14-25(26)34-5)15-24(17-6-8-18(29)9-7-17)30-22-11-10-19(32-3)12-21(22)28/h6-14,24,30-31H,15-16H2,1-5H3/t24-,28+/m1/s1. The van der Waals surface area contributed by atoms with Crippen molar-refractivity contribution in [3.63, 3.8) is 0 Å². The second kappa shape index (κ2) is 8.42. The van der Waals surface area contributed by atoms with E-state index in [0.717, 1.165) is 45.9 Å². The van der Waals surface area contributed by atoms with Crippen LogP contribution < -0.4 is 24.8 Å². The number of halogens is 1. The second-order valence-electron chi connectivity index (χ2n) is 9.88. The Morgan fingerprint density at radius 2 is 1.59 bits per heavy atom. The van der Waals surface area contributed by atoms with Crippen molar-refractivity contribution in [1.82, 2.24) is 0 Å². The number of hydrogen-bond donors (Lipinski definition) is 2. The molecule has 1 spiro atoms. The van der Waals surface area contributed by atoms with Crippen molar-refractivity contribution in [3.05, 3.63) is 75.8 Å². The molecule has 6 heteroatoms. The summed E-state index contributed by atoms with van der Waals surface area (Å²) in [7, 11) is 5.16. The number of methoxy groups -OCH3 is 3. The Kier molecular flexibility index (Phi) is 5.67. The molecule has 2 N–H and O–H groups in total. The van der Waals surface area contributed by atoms with Crippen LogP contribution in [0.1, 0.15) is 49.4 Å². The summed E-state index contributed by atoms with van der Waals surface area (Å²) in [4.78, 5) is 0. The van der Waals surface area contributed by atoms with Gasteiger partial charge in [0.25, 0.3) is 0 Å². The minimum absolute atomic E-state index is 0.141. The fraction of sp³-hybridized carbons (Fsp3) is 0.357. The van der Waals surface area contributed by atoms with Crippen LogP contribution in [0.2, 0.25) is 0 Å². The first-order valence-corrected chi connectivity index (χ1v) is 12.3. The second-order valence-corrected chi connectivity index (χ2v) is 10.8. The van der Waals surface area contributed by atoms with Crippen molar-refractivity contribution < 1.29 is 14.2 Å². The molecule has 5 rings (SSSR count). The Bertz CT molecular complexity index is 1230. The van der Waals surface area contributed by atoms with Gasteiger partial charge in [-0.2, -0.15) is 0 Å². The summed E-state index contributed by atoms with van der Waals surface area (Å²) in [6.07, 6.45) is 1.79. The van der Waals surface area contributed by atoms with Crippen molar-refractivity contribution in [2.24, 2.45) is 0 Å². The van der Waals surface area contributed by atoms with Crippen LogP contribution >= 0.6 is 15.9 Å². The van der Waals surface area contributed by atoms with Gasteiger partial charge >= 0.3 is 0 Å². The Balaban J connectivity index is 1.80. The van der Waals surface area contributed by atoms with Crippen LogP contribution in [0.4, 0.5) is 11.4 Å². The molecule has 3 aromatic rings. The molecule has 5 nitrogen and oxygen atoms in total. The summed E-state index contributed by atoms with van der Waals surface area (Å²) < 4.78 is 18.4. The summed E-state index contributed by atoms with van der Waals surface area (Å²) in [5, 5.41) is 7.58. The highest BCUT2D eigenvalue weighted by Gasteiger charge is 2.51. The molecule has 3 aromatic carbocycles. The van der Waals surface area contributed by atoms with Gasteiger partial charge < -0.3 is 24.8 Å². The zero-order valence-electron chi connectivity index (χ0n) is 20.3. The maximum absolute atomic E-state index is 6.00. The lowest BCUT2D eigenvalue weighted by atomic mass is 9.59. The van der Waals surface area contributed by atoms with Crippen LogP contribution in [-0.2, 0) is 5.41 Å². The Morgan fingerprint density at radius 1 is 0.853 bits per heavy atom. The minimum atomic E-state index is -0.297. The molecule has 0 fully saturated rings. The molecule has 178 valence electrons. The van der Waals surface area contributed by atoms with Gasteiger partial charge in [0.1, 0.15) is 17.2 Å². The number of hydrogen-bond acceptors (Lipinski definition) is 5. The van der Waals surface area contributed by atoms with Crippen LogP contribution in [0.25, 0.3) is 0 Å². The molecule has 0 saturated heterocycles. The Labute approximate surface area is 209 Å². The first-order chi connectivity index (χ1) is 16.3. The maximum atomic E-state index is 6.00. The van der Waals surface area contributed by atoms with Gasteiger partial charge in [0.2, 0.25) is 0 Å². The fourth-order valence-corrected chi connectivity index (χ4v) is 6.15. The molecule has 2 aliphatic heterocycles. The quantitative estimate of drug-likeness (QED) is 0.389. The van der Waals surface area contributed by atoms with Crippen molar-refractivity contribution in [3.8, 4) is 17.2 Å². The van der Waals surface area contributed by atoms with E-state index in [9.17, 15) is 0 Å². The van der Waals surface area contributed by atoms with Gasteiger partial charge in [-0.15, -0.1) is 0 Å². The van der Waals surface area contributed by atoms with Crippen LogP contribution in [0.15, 0.2) is 59.1 Å². The average molecular weight is 523 g/mol. The number of nitrogens with one attached hydrogen (secondary N) is 2. The van der Waals surface area contributed by atoms with E-state index in [2.05, 4.69) is 82.9 Å². The third-order valence-corrected chi connectivity index (χ3v) is 7.65. The molecule has 2 aliphatic rings. The fourth-order valence-electron chi connectivity index (χ4n) is 5.88. The molecule has 34 heavy (non-hydrogen) atoms. The number of ether oxygens (including phenoxy) is 3. The van der Waals surface area contributed by atoms with Gasteiger partial charge in [0.05, 0.1) is 27.4 Å². The van der Waals surface area contributed by atoms with E-state index in [4.69, 9.17) is 14.2 Å². The van der Waals surface area contributed by atoms with Crippen LogP contribution in [0.3, 0.4) is 0 Å². The van der Waals surface area contributed by atoms with Gasteiger partial charge in [-0.3, -0.25) is 0 Å². The molecule has 0 saturated carbocycles. The lowest BCUT2D eigenvalue weighted by Crippen LogP contribution is -2.49. The van der Waals surface area contributed by atoms with Gasteiger partial charge in [-0.1, -0.05) is 28.1 Å². The minimum Gasteiger partial charge on any atom is -0.497 e. The predicted octanol–water partition coefficient (Wildman–Crippen LogP) is 6.91. The number of rotatable bonds is 4. The van der Waals surface area contributed by atoms with Crippen LogP contribution in [0.5, 0.6) is 17.2 Å². The number of fused-ring (bicyclic) bond motifs is 4. The first-order valence-electron chi connectivity index (χ1n) is 11.5. The lowest BCUT2D eigenvalue weighted by molar-refractivity contribution is 0.297. The highest BCUT2D eigenvalue weighted by molar-refractivity contribution is 9.10. The molecule has 0 amide bonds. The molecule has 2 heterocycles. The monoisotopic (exact) mass is 522 g/mol. The van der Waals surface area contributed by atoms with Crippen molar-refractivity contribution in [2.45, 2.75) is 43.7 Å². The molecular weight excluding hydrogens is 492 g/mol. The SMILES string of the molecule is COc1cc2c(c(OC)c1)[C@@]1(C[C@H](c3ccc(Br)cc3)Nc3ccc(OC)cc31)CC(C)(C)N2. The highest BCUT2D eigenvalue weighted by atomic mass is 79.9. The number of benzene rings is 3. The van der Waals surface area contributed by atoms with E-state index in [1.54, 1.807) is 21.3 Å². The summed E-state index contributed by atoms with van der Waals surface area (Å²) >= 11 is 3.58. The molecule has 2 atom stereocenters. The van der Waals surface area contributed by atoms with Gasteiger partial charge in [-0.25, -0.2) is 0 Å². The summed E-state index contributed by atoms with van der Waals surface area (Å²) in [5.41, 5.74) is 5.40. The molecular formula is C28H31BrN2O3. The van der Waals surface area contributed by atoms with E-state index in [1.165, 1.54) is 16.7 Å². The van der Waals surface area contributed by atoms with E-state index >= 15 is 0 Å². The Hall–Kier alpha value is -2.86. The summed E-state index contributed by atoms with van der Waals surface area (Å²) in [6, 6.07) is 19.2. The maximum Gasteiger partial charge on any atom is 0.128 e. The molecule has 0 aliphatic carbocycles. The molecule has 0 aromatic heterocycles. The van der Waals surface area contributed by atoms with Gasteiger partial charge in [0.15, 0.2) is 0 Å². The smallest absolute Gasteiger partial charge is 0.128 e. The summed E-state index contributed by atoms with van der Waals surface area (Å²) in [6.45, 7) is 4.53. The van der Waals surface area contributed by atoms with Crippen LogP contribution in [0, 0.1) is 0 Å². The average Bonchev–Trinajstić information content (AvgIpc) is 2.82. The van der Waals surface area contributed by atoms with E-state index in [0.29, 0.717) is 0 Å². The van der Waals surface area contributed by atoms with Gasteiger partial charge in [-0.05, 0) is 68.1 Å². The number of anilines is 2.